The van der Waals surface area contributed by atoms with Crippen LogP contribution in [0.2, 0.25) is 0 Å². The van der Waals surface area contributed by atoms with E-state index in [4.69, 9.17) is 0 Å². The number of hydrogen-bond acceptors (Lipinski definition) is 4. The molecule has 0 heterocycles. The molecule has 0 aromatic carbocycles. The second kappa shape index (κ2) is 7.62. The third-order valence-corrected chi connectivity index (χ3v) is 4.77. The van der Waals surface area contributed by atoms with Gasteiger partial charge in [-0.1, -0.05) is 6.42 Å². The summed E-state index contributed by atoms with van der Waals surface area (Å²) in [6.07, 6.45) is 5.75. The Morgan fingerprint density at radius 1 is 0.667 bits per heavy atom. The van der Waals surface area contributed by atoms with E-state index in [9.17, 15) is 19.2 Å². The molecule has 116 valence electrons. The Bertz CT molecular complexity index is 438. The van der Waals surface area contributed by atoms with Gasteiger partial charge in [0, 0.05) is 50.9 Å². The molecular weight excluding hydrogens is 268 g/mol. The summed E-state index contributed by atoms with van der Waals surface area (Å²) in [5.74, 6) is 0.602. The Labute approximate surface area is 125 Å². The molecule has 0 aliphatic heterocycles. The molecule has 2 aliphatic rings. The van der Waals surface area contributed by atoms with Gasteiger partial charge in [-0.15, -0.1) is 0 Å². The van der Waals surface area contributed by atoms with Crippen molar-refractivity contribution < 1.29 is 19.2 Å². The van der Waals surface area contributed by atoms with Crippen LogP contribution in [0.15, 0.2) is 0 Å². The fraction of sp³-hybridized carbons (Fsp3) is 0.765. The summed E-state index contributed by atoms with van der Waals surface area (Å²) in [4.78, 5) is 47.5. The molecule has 0 amide bonds. The van der Waals surface area contributed by atoms with Gasteiger partial charge in [-0.2, -0.15) is 0 Å². The van der Waals surface area contributed by atoms with Crippen molar-refractivity contribution in [2.24, 2.45) is 11.8 Å². The van der Waals surface area contributed by atoms with Crippen LogP contribution >= 0.6 is 0 Å². The Balaban J connectivity index is 2.01. The zero-order valence-electron chi connectivity index (χ0n) is 12.6. The number of hydrogen-bond donors (Lipinski definition) is 0. The lowest BCUT2D eigenvalue weighted by Crippen LogP contribution is -2.25. The molecule has 0 aromatic heterocycles. The van der Waals surface area contributed by atoms with Gasteiger partial charge in [-0.05, 0) is 25.2 Å². The zero-order valence-corrected chi connectivity index (χ0v) is 12.6. The maximum atomic E-state index is 12.2. The van der Waals surface area contributed by atoms with Crippen LogP contribution in [0.3, 0.4) is 0 Å². The monoisotopic (exact) mass is 292 g/mol. The smallest absolute Gasteiger partial charge is 0.136 e. The standard InChI is InChI=1S/C17H24O4/c18-14-4-5-15(19)8-9-17(21)13-3-1-2-12(10-13)11-16(20)7-6-14/h12-13H,1-11H2. The Morgan fingerprint density at radius 3 is 1.90 bits per heavy atom. The van der Waals surface area contributed by atoms with E-state index in [1.165, 1.54) is 0 Å². The van der Waals surface area contributed by atoms with Crippen molar-refractivity contribution in [2.75, 3.05) is 0 Å². The van der Waals surface area contributed by atoms with Crippen molar-refractivity contribution in [2.45, 2.75) is 70.6 Å². The van der Waals surface area contributed by atoms with Gasteiger partial charge in [-0.3, -0.25) is 19.2 Å². The molecule has 2 saturated carbocycles. The summed E-state index contributed by atoms with van der Waals surface area (Å²) in [7, 11) is 0. The van der Waals surface area contributed by atoms with E-state index >= 15 is 0 Å². The molecule has 2 atom stereocenters. The van der Waals surface area contributed by atoms with Crippen molar-refractivity contribution in [3.63, 3.8) is 0 Å². The van der Waals surface area contributed by atoms with E-state index in [2.05, 4.69) is 0 Å². The summed E-state index contributed by atoms with van der Waals surface area (Å²) < 4.78 is 0. The highest BCUT2D eigenvalue weighted by Crippen LogP contribution is 2.33. The van der Waals surface area contributed by atoms with Crippen LogP contribution in [-0.2, 0) is 19.2 Å². The van der Waals surface area contributed by atoms with Crippen LogP contribution in [0, 0.1) is 11.8 Å². The number of carbonyl (C=O) groups excluding carboxylic acids is 4. The van der Waals surface area contributed by atoms with Crippen molar-refractivity contribution in [3.8, 4) is 0 Å². The van der Waals surface area contributed by atoms with Crippen molar-refractivity contribution in [1.82, 2.24) is 0 Å². The van der Waals surface area contributed by atoms with E-state index in [1.807, 2.05) is 0 Å². The second-order valence-electron chi connectivity index (χ2n) is 6.52. The molecule has 0 aromatic rings. The summed E-state index contributed by atoms with van der Waals surface area (Å²) in [5, 5.41) is 0. The van der Waals surface area contributed by atoms with Crippen LogP contribution in [-0.4, -0.2) is 23.1 Å². The Hall–Kier alpha value is -1.32. The van der Waals surface area contributed by atoms with Crippen LogP contribution in [0.1, 0.15) is 70.6 Å². The van der Waals surface area contributed by atoms with E-state index in [1.54, 1.807) is 0 Å². The predicted octanol–water partition coefficient (Wildman–Crippen LogP) is 2.81. The highest BCUT2D eigenvalue weighted by Gasteiger charge is 2.28. The van der Waals surface area contributed by atoms with E-state index in [0.29, 0.717) is 19.3 Å². The molecule has 2 aliphatic carbocycles. The van der Waals surface area contributed by atoms with Gasteiger partial charge >= 0.3 is 0 Å². The minimum absolute atomic E-state index is 0.00699. The second-order valence-corrected chi connectivity index (χ2v) is 6.52. The average molecular weight is 292 g/mol. The molecular formula is C17H24O4. The maximum absolute atomic E-state index is 12.2. The first-order valence-corrected chi connectivity index (χ1v) is 8.12. The molecule has 4 heteroatoms. The van der Waals surface area contributed by atoms with Gasteiger partial charge < -0.3 is 0 Å². The van der Waals surface area contributed by atoms with Crippen LogP contribution in [0.25, 0.3) is 0 Å². The van der Waals surface area contributed by atoms with Crippen LogP contribution < -0.4 is 0 Å². The normalized spacial score (nSPS) is 30.1. The number of Topliss-reactive ketones (excluding diaryl/α,β-unsaturated/α-hetero) is 4. The number of fused-ring (bicyclic) bond motifs is 2. The van der Waals surface area contributed by atoms with E-state index in [-0.39, 0.29) is 60.7 Å². The molecule has 0 radical (unpaired) electrons. The third-order valence-electron chi connectivity index (χ3n) is 4.77. The minimum atomic E-state index is -0.0124. The fourth-order valence-corrected chi connectivity index (χ4v) is 3.47. The van der Waals surface area contributed by atoms with Crippen molar-refractivity contribution in [1.29, 1.82) is 0 Å². The molecule has 2 fully saturated rings. The lowest BCUT2D eigenvalue weighted by atomic mass is 9.76. The molecule has 2 unspecified atom stereocenters. The number of ketones is 4. The van der Waals surface area contributed by atoms with Gasteiger partial charge in [0.2, 0.25) is 0 Å². The molecule has 0 saturated heterocycles. The van der Waals surface area contributed by atoms with Gasteiger partial charge in [0.15, 0.2) is 0 Å². The minimum Gasteiger partial charge on any atom is -0.300 e. The quantitative estimate of drug-likeness (QED) is 0.688. The Kier molecular flexibility index (Phi) is 5.83. The number of carbonyl (C=O) groups is 4. The molecule has 0 N–H and O–H groups in total. The first kappa shape index (κ1) is 16.1. The number of rotatable bonds is 0. The lowest BCUT2D eigenvalue weighted by Gasteiger charge is -2.28. The lowest BCUT2D eigenvalue weighted by molar-refractivity contribution is -0.129. The largest absolute Gasteiger partial charge is 0.300 e. The molecule has 2 bridgehead atoms. The molecule has 4 nitrogen and oxygen atoms in total. The van der Waals surface area contributed by atoms with Crippen LogP contribution in [0.5, 0.6) is 0 Å². The van der Waals surface area contributed by atoms with Gasteiger partial charge in [0.1, 0.15) is 23.1 Å². The van der Waals surface area contributed by atoms with Gasteiger partial charge in [0.25, 0.3) is 0 Å². The zero-order chi connectivity index (χ0) is 15.2. The average Bonchev–Trinajstić information content (AvgIpc) is 2.48. The first-order valence-electron chi connectivity index (χ1n) is 8.12. The highest BCUT2D eigenvalue weighted by molar-refractivity contribution is 5.91. The summed E-state index contributed by atoms with van der Waals surface area (Å²) in [6.45, 7) is 0. The summed E-state index contributed by atoms with van der Waals surface area (Å²) >= 11 is 0. The summed E-state index contributed by atoms with van der Waals surface area (Å²) in [5.41, 5.74) is 0. The molecule has 0 spiro atoms. The topological polar surface area (TPSA) is 68.3 Å². The highest BCUT2D eigenvalue weighted by atomic mass is 16.1. The molecule has 21 heavy (non-hydrogen) atoms. The van der Waals surface area contributed by atoms with Crippen molar-refractivity contribution in [3.05, 3.63) is 0 Å². The van der Waals surface area contributed by atoms with Gasteiger partial charge in [-0.25, -0.2) is 0 Å². The fourth-order valence-electron chi connectivity index (χ4n) is 3.47. The Morgan fingerprint density at radius 2 is 1.24 bits per heavy atom. The predicted molar refractivity (Wildman–Crippen MR) is 77.8 cm³/mol. The summed E-state index contributed by atoms with van der Waals surface area (Å²) in [6, 6.07) is 0. The van der Waals surface area contributed by atoms with E-state index < -0.39 is 0 Å². The molecule has 2 rings (SSSR count). The van der Waals surface area contributed by atoms with Crippen LogP contribution in [0.4, 0.5) is 0 Å². The first-order chi connectivity index (χ1) is 10.0. The van der Waals surface area contributed by atoms with Gasteiger partial charge in [0.05, 0.1) is 0 Å². The van der Waals surface area contributed by atoms with Crippen molar-refractivity contribution >= 4 is 23.1 Å². The third kappa shape index (κ3) is 5.18. The SMILES string of the molecule is O=C1CCC(=O)CCC(=O)C2CCCC(CC(=O)CC1)C2. The maximum Gasteiger partial charge on any atom is 0.136 e. The van der Waals surface area contributed by atoms with E-state index in [0.717, 1.165) is 25.7 Å².